The number of hydrogen-bond acceptors (Lipinski definition) is 6. The Morgan fingerprint density at radius 1 is 0.280 bits per heavy atom. The molecule has 0 aromatic carbocycles. The maximum absolute atomic E-state index is 12.8. The second-order valence-electron chi connectivity index (χ2n) is 22.4. The lowest BCUT2D eigenvalue weighted by atomic mass is 10.0. The predicted molar refractivity (Wildman–Crippen MR) is 325 cm³/mol. The van der Waals surface area contributed by atoms with Crippen LogP contribution in [0.5, 0.6) is 0 Å². The lowest BCUT2D eigenvalue weighted by Gasteiger charge is -2.18. The third-order valence-electron chi connectivity index (χ3n) is 14.8. The van der Waals surface area contributed by atoms with Gasteiger partial charge in [-0.25, -0.2) is 0 Å². The van der Waals surface area contributed by atoms with Crippen molar-refractivity contribution < 1.29 is 28.6 Å². The van der Waals surface area contributed by atoms with Crippen molar-refractivity contribution in [1.82, 2.24) is 0 Å². The van der Waals surface area contributed by atoms with Crippen molar-refractivity contribution in [2.75, 3.05) is 13.2 Å². The molecule has 6 heteroatoms. The first-order valence-corrected chi connectivity index (χ1v) is 33.1. The zero-order chi connectivity index (χ0) is 54.3. The smallest absolute Gasteiger partial charge is 0.306 e. The molecule has 0 bridgehead atoms. The number of ether oxygens (including phenoxy) is 3. The van der Waals surface area contributed by atoms with E-state index in [9.17, 15) is 14.4 Å². The Hall–Kier alpha value is -2.63. The summed E-state index contributed by atoms with van der Waals surface area (Å²) in [7, 11) is 0. The van der Waals surface area contributed by atoms with Gasteiger partial charge in [0.25, 0.3) is 0 Å². The second-order valence-corrected chi connectivity index (χ2v) is 22.4. The van der Waals surface area contributed by atoms with E-state index in [0.29, 0.717) is 19.3 Å². The number of hydrogen-bond donors (Lipinski definition) is 0. The minimum Gasteiger partial charge on any atom is -0.462 e. The molecule has 0 aliphatic heterocycles. The molecular formula is C69H126O6. The van der Waals surface area contributed by atoms with Crippen LogP contribution in [-0.4, -0.2) is 37.2 Å². The standard InChI is InChI=1S/C69H126O6/c1-4-7-10-13-16-18-20-22-24-25-26-27-28-29-30-31-32-33-34-35-36-37-38-39-40-41-42-43-45-46-48-50-53-56-59-62-68(71)74-65-66(64-73-67(70)61-58-55-52-15-12-9-6-3)75-69(72)63-60-57-54-51-49-47-44-23-21-19-17-14-11-8-5-2/h8,11,17,19,23,25-26,44,66H,4-7,9-10,12-16,18,20-22,24,27-43,45-65H2,1-3H3/b11-8-,19-17-,26-25-,44-23-. The van der Waals surface area contributed by atoms with Gasteiger partial charge < -0.3 is 14.2 Å². The number of esters is 3. The highest BCUT2D eigenvalue weighted by atomic mass is 16.6. The van der Waals surface area contributed by atoms with Crippen LogP contribution < -0.4 is 0 Å². The Bertz CT molecular complexity index is 1300. The van der Waals surface area contributed by atoms with Crippen molar-refractivity contribution in [1.29, 1.82) is 0 Å². The summed E-state index contributed by atoms with van der Waals surface area (Å²) in [6.07, 6.45) is 80.4. The van der Waals surface area contributed by atoms with Crippen molar-refractivity contribution in [2.45, 2.75) is 361 Å². The minimum absolute atomic E-state index is 0.0764. The molecule has 0 radical (unpaired) electrons. The summed E-state index contributed by atoms with van der Waals surface area (Å²) >= 11 is 0. The quantitative estimate of drug-likeness (QED) is 0.0261. The lowest BCUT2D eigenvalue weighted by Crippen LogP contribution is -2.30. The van der Waals surface area contributed by atoms with Crippen LogP contribution in [0.1, 0.15) is 355 Å². The van der Waals surface area contributed by atoms with Gasteiger partial charge in [-0.2, -0.15) is 0 Å². The largest absolute Gasteiger partial charge is 0.462 e. The van der Waals surface area contributed by atoms with Gasteiger partial charge in [0, 0.05) is 19.3 Å². The Labute approximate surface area is 467 Å². The SMILES string of the molecule is CC/C=C\C/C=C\C/C=C\CCCCCCCC(=O)OC(COC(=O)CCCCCCCCC)COC(=O)CCCCCCCCCCCCCCCCCCCCCCCCC/C=C\CCCCCCCCCC. The van der Waals surface area contributed by atoms with Gasteiger partial charge in [-0.1, -0.05) is 307 Å². The van der Waals surface area contributed by atoms with Crippen molar-refractivity contribution in [3.8, 4) is 0 Å². The summed E-state index contributed by atoms with van der Waals surface area (Å²) in [6, 6.07) is 0. The Morgan fingerprint density at radius 3 is 0.827 bits per heavy atom. The fourth-order valence-corrected chi connectivity index (χ4v) is 9.87. The molecule has 0 aromatic heterocycles. The van der Waals surface area contributed by atoms with Crippen LogP contribution in [0.15, 0.2) is 48.6 Å². The molecule has 1 atom stereocenters. The van der Waals surface area contributed by atoms with Gasteiger partial charge >= 0.3 is 17.9 Å². The summed E-state index contributed by atoms with van der Waals surface area (Å²) in [4.78, 5) is 38.0. The van der Waals surface area contributed by atoms with E-state index in [2.05, 4.69) is 69.4 Å². The Kier molecular flexibility index (Phi) is 61.7. The number of carbonyl (C=O) groups is 3. The van der Waals surface area contributed by atoms with Crippen molar-refractivity contribution >= 4 is 17.9 Å². The molecule has 0 spiro atoms. The summed E-state index contributed by atoms with van der Waals surface area (Å²) in [5.41, 5.74) is 0. The summed E-state index contributed by atoms with van der Waals surface area (Å²) < 4.78 is 16.8. The molecule has 0 fully saturated rings. The van der Waals surface area contributed by atoms with Crippen LogP contribution in [0.2, 0.25) is 0 Å². The molecule has 1 unspecified atom stereocenters. The van der Waals surface area contributed by atoms with Gasteiger partial charge in [-0.15, -0.1) is 0 Å². The molecule has 0 rings (SSSR count). The van der Waals surface area contributed by atoms with Gasteiger partial charge in [0.2, 0.25) is 0 Å². The van der Waals surface area contributed by atoms with Crippen molar-refractivity contribution in [3.63, 3.8) is 0 Å². The average molecular weight is 1050 g/mol. The monoisotopic (exact) mass is 1050 g/mol. The van der Waals surface area contributed by atoms with Crippen molar-refractivity contribution in [3.05, 3.63) is 48.6 Å². The molecule has 0 amide bonds. The third-order valence-corrected chi connectivity index (χ3v) is 14.8. The van der Waals surface area contributed by atoms with E-state index in [4.69, 9.17) is 14.2 Å². The van der Waals surface area contributed by atoms with Crippen LogP contribution in [0.4, 0.5) is 0 Å². The van der Waals surface area contributed by atoms with E-state index in [1.807, 2.05) is 0 Å². The minimum atomic E-state index is -0.777. The molecule has 0 saturated carbocycles. The van der Waals surface area contributed by atoms with Gasteiger partial charge in [-0.3, -0.25) is 14.4 Å². The first kappa shape index (κ1) is 72.4. The Morgan fingerprint density at radius 2 is 0.520 bits per heavy atom. The van der Waals surface area contributed by atoms with Crippen LogP contribution in [0, 0.1) is 0 Å². The van der Waals surface area contributed by atoms with Crippen molar-refractivity contribution in [2.24, 2.45) is 0 Å². The maximum Gasteiger partial charge on any atom is 0.306 e. The van der Waals surface area contributed by atoms with Gasteiger partial charge in [-0.05, 0) is 77.0 Å². The highest BCUT2D eigenvalue weighted by molar-refractivity contribution is 5.71. The van der Waals surface area contributed by atoms with E-state index in [1.54, 1.807) is 0 Å². The molecule has 438 valence electrons. The first-order valence-electron chi connectivity index (χ1n) is 33.1. The first-order chi connectivity index (χ1) is 37.0. The molecule has 0 aromatic rings. The van der Waals surface area contributed by atoms with E-state index in [-0.39, 0.29) is 31.1 Å². The van der Waals surface area contributed by atoms with E-state index in [0.717, 1.165) is 96.3 Å². The molecule has 0 saturated heterocycles. The number of carbonyl (C=O) groups excluding carboxylic acids is 3. The maximum atomic E-state index is 12.8. The highest BCUT2D eigenvalue weighted by Crippen LogP contribution is 2.18. The summed E-state index contributed by atoms with van der Waals surface area (Å²) in [5, 5.41) is 0. The molecule has 75 heavy (non-hydrogen) atoms. The molecule has 0 N–H and O–H groups in total. The third kappa shape index (κ3) is 62.1. The molecule has 0 aliphatic rings. The topological polar surface area (TPSA) is 78.9 Å². The van der Waals surface area contributed by atoms with Crippen LogP contribution in [0.3, 0.4) is 0 Å². The fraction of sp³-hybridized carbons (Fsp3) is 0.841. The summed E-state index contributed by atoms with van der Waals surface area (Å²) in [5.74, 6) is -0.884. The Balaban J connectivity index is 3.92. The van der Waals surface area contributed by atoms with E-state index >= 15 is 0 Å². The zero-order valence-electron chi connectivity index (χ0n) is 50.3. The summed E-state index contributed by atoms with van der Waals surface area (Å²) in [6.45, 7) is 6.51. The molecular weight excluding hydrogens is 925 g/mol. The van der Waals surface area contributed by atoms with Crippen LogP contribution >= 0.6 is 0 Å². The normalized spacial score (nSPS) is 12.3. The number of unbranched alkanes of at least 4 members (excludes halogenated alkanes) is 42. The number of allylic oxidation sites excluding steroid dienone is 8. The molecule has 0 aliphatic carbocycles. The highest BCUT2D eigenvalue weighted by Gasteiger charge is 2.19. The lowest BCUT2D eigenvalue weighted by molar-refractivity contribution is -0.167. The zero-order valence-corrected chi connectivity index (χ0v) is 50.3. The van der Waals surface area contributed by atoms with Crippen LogP contribution in [0.25, 0.3) is 0 Å². The fourth-order valence-electron chi connectivity index (χ4n) is 9.87. The average Bonchev–Trinajstić information content (AvgIpc) is 3.41. The second kappa shape index (κ2) is 63.9. The predicted octanol–water partition coefficient (Wildman–Crippen LogP) is 22.6. The van der Waals surface area contributed by atoms with Gasteiger partial charge in [0.1, 0.15) is 13.2 Å². The van der Waals surface area contributed by atoms with Crippen LogP contribution in [-0.2, 0) is 28.6 Å². The van der Waals surface area contributed by atoms with E-state index in [1.165, 1.54) is 218 Å². The molecule has 0 heterocycles. The molecule has 6 nitrogen and oxygen atoms in total. The van der Waals surface area contributed by atoms with Gasteiger partial charge in [0.05, 0.1) is 0 Å². The number of rotatable bonds is 61. The van der Waals surface area contributed by atoms with Gasteiger partial charge in [0.15, 0.2) is 6.10 Å². The van der Waals surface area contributed by atoms with E-state index < -0.39 is 6.10 Å².